The van der Waals surface area contributed by atoms with Gasteiger partial charge in [-0.05, 0) is 73.9 Å². The van der Waals surface area contributed by atoms with Crippen LogP contribution in [0.5, 0.6) is 0 Å². The highest BCUT2D eigenvalue weighted by atomic mass is 32.2. The Morgan fingerprint density at radius 2 is 1.78 bits per heavy atom. The number of rotatable bonds is 8. The number of carbonyl (C=O) groups excluding carboxylic acids is 1. The predicted octanol–water partition coefficient (Wildman–Crippen LogP) is 4.42. The molecule has 0 radical (unpaired) electrons. The van der Waals surface area contributed by atoms with Crippen LogP contribution in [0.4, 0.5) is 5.69 Å². The Morgan fingerprint density at radius 3 is 2.57 bits per heavy atom. The number of aromatic carboxylic acids is 1. The lowest BCUT2D eigenvalue weighted by Gasteiger charge is -2.26. The average Bonchev–Trinajstić information content (AvgIpc) is 3.49. The van der Waals surface area contributed by atoms with Gasteiger partial charge >= 0.3 is 5.97 Å². The molecule has 1 amide bonds. The minimum absolute atomic E-state index is 0.0627. The molecule has 2 aliphatic heterocycles. The van der Waals surface area contributed by atoms with E-state index in [1.165, 1.54) is 21.7 Å². The van der Waals surface area contributed by atoms with Gasteiger partial charge < -0.3 is 10.4 Å². The van der Waals surface area contributed by atoms with Crippen molar-refractivity contribution in [2.45, 2.75) is 49.5 Å². The summed E-state index contributed by atoms with van der Waals surface area (Å²) < 4.78 is 28.5. The van der Waals surface area contributed by atoms with Gasteiger partial charge in [0.25, 0.3) is 0 Å². The number of amides is 1. The number of piperidine rings is 1. The number of carboxylic acid groups (broad SMARTS) is 1. The van der Waals surface area contributed by atoms with Crippen molar-refractivity contribution in [1.82, 2.24) is 9.21 Å². The van der Waals surface area contributed by atoms with E-state index in [9.17, 15) is 23.1 Å². The third-order valence-corrected chi connectivity index (χ3v) is 10.3. The second-order valence-electron chi connectivity index (χ2n) is 9.72. The van der Waals surface area contributed by atoms with Crippen molar-refractivity contribution in [3.05, 3.63) is 59.0 Å². The quantitative estimate of drug-likeness (QED) is 0.437. The number of nitrogens with one attached hydrogen (secondary N) is 1. The van der Waals surface area contributed by atoms with Crippen LogP contribution < -0.4 is 5.32 Å². The number of carboxylic acids is 1. The molecule has 1 unspecified atom stereocenters. The Morgan fingerprint density at radius 1 is 1.00 bits per heavy atom. The SMILES string of the molecule is O=C(CN1CCCC1Cc1c(C(=O)O)sc2ccccc12)Nc1cccc(S(=O)(=O)N2CCCCC2)c1. The number of nitrogens with zero attached hydrogens (tertiary/aromatic N) is 2. The molecular weight excluding hydrogens is 510 g/mol. The summed E-state index contributed by atoms with van der Waals surface area (Å²) in [6.07, 6.45) is 5.16. The molecule has 2 aliphatic rings. The number of thiophene rings is 1. The number of anilines is 1. The first-order valence-electron chi connectivity index (χ1n) is 12.7. The number of sulfonamides is 1. The molecule has 196 valence electrons. The van der Waals surface area contributed by atoms with Gasteiger partial charge in [-0.25, -0.2) is 13.2 Å². The molecule has 8 nitrogen and oxygen atoms in total. The summed E-state index contributed by atoms with van der Waals surface area (Å²) in [5, 5.41) is 13.6. The summed E-state index contributed by atoms with van der Waals surface area (Å²) in [6.45, 7) is 1.97. The topological polar surface area (TPSA) is 107 Å². The molecule has 3 aromatic rings. The van der Waals surface area contributed by atoms with Gasteiger partial charge in [-0.1, -0.05) is 30.7 Å². The zero-order valence-corrected chi connectivity index (χ0v) is 22.2. The van der Waals surface area contributed by atoms with Crippen LogP contribution in [-0.2, 0) is 21.2 Å². The lowest BCUT2D eigenvalue weighted by molar-refractivity contribution is -0.117. The molecule has 10 heteroatoms. The molecule has 2 saturated heterocycles. The van der Waals surface area contributed by atoms with Gasteiger partial charge in [0.15, 0.2) is 0 Å². The van der Waals surface area contributed by atoms with E-state index in [1.807, 2.05) is 24.3 Å². The molecule has 0 bridgehead atoms. The van der Waals surface area contributed by atoms with Crippen LogP contribution in [0, 0.1) is 0 Å². The lowest BCUT2D eigenvalue weighted by Crippen LogP contribution is -2.38. The zero-order valence-electron chi connectivity index (χ0n) is 20.6. The first-order valence-corrected chi connectivity index (χ1v) is 15.0. The van der Waals surface area contributed by atoms with Gasteiger partial charge in [0.2, 0.25) is 15.9 Å². The Labute approximate surface area is 220 Å². The molecule has 2 fully saturated rings. The number of hydrogen-bond acceptors (Lipinski definition) is 6. The van der Waals surface area contributed by atoms with Crippen molar-refractivity contribution in [2.75, 3.05) is 31.5 Å². The maximum Gasteiger partial charge on any atom is 0.346 e. The van der Waals surface area contributed by atoms with Crippen molar-refractivity contribution < 1.29 is 23.1 Å². The van der Waals surface area contributed by atoms with Gasteiger partial charge in [-0.3, -0.25) is 9.69 Å². The van der Waals surface area contributed by atoms with Crippen molar-refractivity contribution >= 4 is 49.0 Å². The van der Waals surface area contributed by atoms with Crippen LogP contribution in [0.25, 0.3) is 10.1 Å². The Bertz CT molecular complexity index is 1410. The van der Waals surface area contributed by atoms with Crippen molar-refractivity contribution in [3.63, 3.8) is 0 Å². The second-order valence-corrected chi connectivity index (χ2v) is 12.7. The molecule has 0 aliphatic carbocycles. The van der Waals surface area contributed by atoms with E-state index in [1.54, 1.807) is 18.2 Å². The number of benzene rings is 2. The smallest absolute Gasteiger partial charge is 0.346 e. The minimum atomic E-state index is -3.59. The van der Waals surface area contributed by atoms with Crippen molar-refractivity contribution in [3.8, 4) is 0 Å². The highest BCUT2D eigenvalue weighted by molar-refractivity contribution is 7.89. The van der Waals surface area contributed by atoms with E-state index < -0.39 is 16.0 Å². The summed E-state index contributed by atoms with van der Waals surface area (Å²) in [7, 11) is -3.59. The number of carbonyl (C=O) groups is 2. The molecular formula is C27H31N3O5S2. The monoisotopic (exact) mass is 541 g/mol. The van der Waals surface area contributed by atoms with Gasteiger partial charge in [0.1, 0.15) is 4.88 Å². The maximum absolute atomic E-state index is 13.0. The zero-order chi connectivity index (χ0) is 26.0. The standard InChI is InChI=1S/C27H31N3O5S2/c31-25(28-19-8-6-10-21(16-19)37(34,35)30-14-4-1-5-15-30)18-29-13-7-9-20(29)17-23-22-11-2-3-12-24(22)36-26(23)27(32)33/h2-3,6,8,10-12,16,20H,1,4-5,7,9,13-15,17-18H2,(H,28,31)(H,32,33). The van der Waals surface area contributed by atoms with E-state index in [-0.39, 0.29) is 23.4 Å². The number of fused-ring (bicyclic) bond motifs is 1. The van der Waals surface area contributed by atoms with Crippen molar-refractivity contribution in [2.24, 2.45) is 0 Å². The third-order valence-electron chi connectivity index (χ3n) is 7.25. The van der Waals surface area contributed by atoms with Gasteiger partial charge in [0, 0.05) is 29.5 Å². The maximum atomic E-state index is 13.0. The van der Waals surface area contributed by atoms with Gasteiger partial charge in [-0.15, -0.1) is 11.3 Å². The summed E-state index contributed by atoms with van der Waals surface area (Å²) >= 11 is 1.30. The minimum Gasteiger partial charge on any atom is -0.477 e. The molecule has 37 heavy (non-hydrogen) atoms. The summed E-state index contributed by atoms with van der Waals surface area (Å²) in [4.78, 5) is 27.5. The highest BCUT2D eigenvalue weighted by Gasteiger charge is 2.30. The normalized spacial score (nSPS) is 19.3. The van der Waals surface area contributed by atoms with Crippen LogP contribution in [0.3, 0.4) is 0 Å². The molecule has 5 rings (SSSR count). The number of hydrogen-bond donors (Lipinski definition) is 2. The fraction of sp³-hybridized carbons (Fsp3) is 0.407. The van der Waals surface area contributed by atoms with Crippen LogP contribution >= 0.6 is 11.3 Å². The summed E-state index contributed by atoms with van der Waals surface area (Å²) in [5.41, 5.74) is 1.29. The molecule has 3 heterocycles. The fourth-order valence-corrected chi connectivity index (χ4v) is 8.05. The van der Waals surface area contributed by atoms with E-state index >= 15 is 0 Å². The predicted molar refractivity (Wildman–Crippen MR) is 145 cm³/mol. The fourth-order valence-electron chi connectivity index (χ4n) is 5.42. The van der Waals surface area contributed by atoms with Crippen LogP contribution in [0.1, 0.15) is 47.3 Å². The summed E-state index contributed by atoms with van der Waals surface area (Å²) in [5.74, 6) is -1.13. The molecule has 1 atom stereocenters. The third kappa shape index (κ3) is 5.57. The van der Waals surface area contributed by atoms with Crippen LogP contribution in [-0.4, -0.2) is 66.8 Å². The number of likely N-dealkylation sites (tertiary alicyclic amines) is 1. The van der Waals surface area contributed by atoms with Gasteiger partial charge in [-0.2, -0.15) is 4.31 Å². The van der Waals surface area contributed by atoms with Crippen LogP contribution in [0.15, 0.2) is 53.4 Å². The molecule has 0 spiro atoms. The molecule has 0 saturated carbocycles. The molecule has 2 N–H and O–H groups in total. The average molecular weight is 542 g/mol. The first-order chi connectivity index (χ1) is 17.8. The highest BCUT2D eigenvalue weighted by Crippen LogP contribution is 2.34. The largest absolute Gasteiger partial charge is 0.477 e. The van der Waals surface area contributed by atoms with E-state index in [0.717, 1.165) is 54.3 Å². The van der Waals surface area contributed by atoms with E-state index in [0.29, 0.717) is 30.1 Å². The van der Waals surface area contributed by atoms with E-state index in [2.05, 4.69) is 10.2 Å². The Kier molecular flexibility index (Phi) is 7.62. The summed E-state index contributed by atoms with van der Waals surface area (Å²) in [6, 6.07) is 14.2. The van der Waals surface area contributed by atoms with Crippen LogP contribution in [0.2, 0.25) is 0 Å². The second kappa shape index (κ2) is 10.9. The lowest BCUT2D eigenvalue weighted by atomic mass is 10.0. The van der Waals surface area contributed by atoms with E-state index in [4.69, 9.17) is 0 Å². The molecule has 1 aromatic heterocycles. The van der Waals surface area contributed by atoms with Crippen molar-refractivity contribution in [1.29, 1.82) is 0 Å². The Balaban J connectivity index is 1.27. The first kappa shape index (κ1) is 25.8. The van der Waals surface area contributed by atoms with Gasteiger partial charge in [0.05, 0.1) is 11.4 Å². The molecule has 2 aromatic carbocycles. The Hall–Kier alpha value is -2.79.